The van der Waals surface area contributed by atoms with Crippen LogP contribution in [0, 0.1) is 30.1 Å². The quantitative estimate of drug-likeness (QED) is 0.899. The summed E-state index contributed by atoms with van der Waals surface area (Å²) in [4.78, 5) is 25.1. The lowest BCUT2D eigenvalue weighted by Gasteiger charge is -2.56. The largest absolute Gasteiger partial charge is 0.328 e. The molecule has 4 bridgehead atoms. The van der Waals surface area contributed by atoms with Gasteiger partial charge in [-0.3, -0.25) is 13.9 Å². The maximum atomic E-state index is 13.0. The lowest BCUT2D eigenvalue weighted by Crippen LogP contribution is -2.47. The Bertz CT molecular complexity index is 962. The van der Waals surface area contributed by atoms with E-state index in [0.717, 1.165) is 40.0 Å². The first kappa shape index (κ1) is 17.1. The second-order valence-electron chi connectivity index (χ2n) is 9.70. The predicted octanol–water partition coefficient (Wildman–Crippen LogP) is 3.73. The minimum atomic E-state index is -0.0403. The van der Waals surface area contributed by atoms with Crippen LogP contribution in [0.1, 0.15) is 50.5 Å². The number of hydrogen-bond acceptors (Lipinski definition) is 2. The van der Waals surface area contributed by atoms with E-state index >= 15 is 0 Å². The van der Waals surface area contributed by atoms with Crippen LogP contribution in [0.4, 0.5) is 5.69 Å². The molecule has 1 heterocycles. The van der Waals surface area contributed by atoms with Crippen molar-refractivity contribution in [3.63, 3.8) is 0 Å². The molecule has 4 saturated carbocycles. The van der Waals surface area contributed by atoms with Crippen molar-refractivity contribution in [2.45, 2.75) is 51.9 Å². The van der Waals surface area contributed by atoms with Crippen molar-refractivity contribution in [3.05, 3.63) is 28.2 Å². The summed E-state index contributed by atoms with van der Waals surface area (Å²) < 4.78 is 3.30. The van der Waals surface area contributed by atoms with E-state index in [1.807, 2.05) is 19.1 Å². The highest BCUT2D eigenvalue weighted by atomic mass is 16.2. The molecular weight excluding hydrogens is 338 g/mol. The van der Waals surface area contributed by atoms with E-state index < -0.39 is 0 Å². The molecule has 0 atom stereocenters. The molecule has 0 saturated heterocycles. The zero-order chi connectivity index (χ0) is 18.9. The minimum absolute atomic E-state index is 0.0403. The van der Waals surface area contributed by atoms with Gasteiger partial charge in [-0.1, -0.05) is 0 Å². The van der Waals surface area contributed by atoms with Crippen molar-refractivity contribution >= 4 is 22.6 Å². The highest BCUT2D eigenvalue weighted by Crippen LogP contribution is 2.61. The predicted molar refractivity (Wildman–Crippen MR) is 107 cm³/mol. The summed E-state index contributed by atoms with van der Waals surface area (Å²) in [6, 6.07) is 3.95. The zero-order valence-electron chi connectivity index (χ0n) is 16.5. The number of fused-ring (bicyclic) bond motifs is 1. The fraction of sp³-hybridized carbons (Fsp3) is 0.636. The van der Waals surface area contributed by atoms with Crippen LogP contribution in [-0.4, -0.2) is 15.0 Å². The Hall–Kier alpha value is -2.04. The highest BCUT2D eigenvalue weighted by Gasteiger charge is 2.51. The Kier molecular flexibility index (Phi) is 3.62. The van der Waals surface area contributed by atoms with Gasteiger partial charge in [0.25, 0.3) is 0 Å². The topological polar surface area (TPSA) is 56.0 Å². The second kappa shape index (κ2) is 5.73. The van der Waals surface area contributed by atoms with E-state index in [2.05, 4.69) is 5.32 Å². The maximum Gasteiger partial charge on any atom is 0.328 e. The third kappa shape index (κ3) is 2.66. The van der Waals surface area contributed by atoms with Gasteiger partial charge in [0.15, 0.2) is 0 Å². The van der Waals surface area contributed by atoms with Gasteiger partial charge in [-0.05, 0) is 86.3 Å². The van der Waals surface area contributed by atoms with E-state index in [1.54, 1.807) is 23.2 Å². The van der Waals surface area contributed by atoms with Crippen LogP contribution in [0.5, 0.6) is 0 Å². The first-order chi connectivity index (χ1) is 12.8. The van der Waals surface area contributed by atoms with Gasteiger partial charge in [0.1, 0.15) is 0 Å². The van der Waals surface area contributed by atoms with E-state index in [1.165, 1.54) is 38.5 Å². The van der Waals surface area contributed by atoms with Crippen molar-refractivity contribution in [2.75, 3.05) is 5.32 Å². The van der Waals surface area contributed by atoms with Gasteiger partial charge >= 0.3 is 5.69 Å². The van der Waals surface area contributed by atoms with Crippen LogP contribution in [0.2, 0.25) is 0 Å². The minimum Gasteiger partial charge on any atom is -0.326 e. The summed E-state index contributed by atoms with van der Waals surface area (Å²) >= 11 is 0. The van der Waals surface area contributed by atoms with Gasteiger partial charge in [0, 0.05) is 26.2 Å². The molecule has 0 radical (unpaired) electrons. The number of imidazole rings is 1. The molecule has 6 rings (SSSR count). The number of benzene rings is 1. The summed E-state index contributed by atoms with van der Waals surface area (Å²) in [6.45, 7) is 2.00. The van der Waals surface area contributed by atoms with Crippen LogP contribution in [-0.2, 0) is 18.9 Å². The number of carbonyl (C=O) groups is 1. The third-order valence-corrected chi connectivity index (χ3v) is 7.59. The molecule has 4 fully saturated rings. The van der Waals surface area contributed by atoms with Crippen molar-refractivity contribution in [2.24, 2.45) is 37.3 Å². The molecule has 5 heteroatoms. The third-order valence-electron chi connectivity index (χ3n) is 7.59. The molecule has 0 spiro atoms. The number of nitrogens with one attached hydrogen (secondary N) is 1. The monoisotopic (exact) mass is 367 g/mol. The molecule has 2 aromatic rings. The van der Waals surface area contributed by atoms with Crippen molar-refractivity contribution in [1.82, 2.24) is 9.13 Å². The molecule has 4 aliphatic carbocycles. The number of aromatic nitrogens is 2. The summed E-state index contributed by atoms with van der Waals surface area (Å²) in [5, 5.41) is 3.17. The average molecular weight is 367 g/mol. The molecule has 144 valence electrons. The van der Waals surface area contributed by atoms with Crippen LogP contribution in [0.3, 0.4) is 0 Å². The first-order valence-corrected chi connectivity index (χ1v) is 10.3. The molecule has 5 nitrogen and oxygen atoms in total. The standard InChI is InChI=1S/C22H29N3O2/c1-13-4-18-19(25(3)21(27)24(18)2)8-17(13)23-20(26)12-22-9-14-5-15(10-22)7-16(6-14)11-22/h4,8,14-16H,5-7,9-12H2,1-3H3,(H,23,26). The van der Waals surface area contributed by atoms with E-state index in [0.29, 0.717) is 6.42 Å². The van der Waals surface area contributed by atoms with Gasteiger partial charge < -0.3 is 5.32 Å². The van der Waals surface area contributed by atoms with Gasteiger partial charge in [0.05, 0.1) is 11.0 Å². The molecule has 4 aliphatic rings. The normalized spacial score (nSPS) is 31.6. The molecule has 27 heavy (non-hydrogen) atoms. The molecule has 1 aromatic heterocycles. The number of amides is 1. The first-order valence-electron chi connectivity index (χ1n) is 10.3. The zero-order valence-corrected chi connectivity index (χ0v) is 16.5. The molecule has 1 amide bonds. The van der Waals surface area contributed by atoms with Gasteiger partial charge in [-0.15, -0.1) is 0 Å². The van der Waals surface area contributed by atoms with Crippen LogP contribution < -0.4 is 11.0 Å². The summed E-state index contributed by atoms with van der Waals surface area (Å²) in [7, 11) is 3.57. The average Bonchev–Trinajstić information content (AvgIpc) is 2.78. The molecule has 1 aromatic carbocycles. The van der Waals surface area contributed by atoms with Gasteiger partial charge in [-0.2, -0.15) is 0 Å². The summed E-state index contributed by atoms with van der Waals surface area (Å²) in [5.74, 6) is 2.73. The SMILES string of the molecule is Cc1cc2c(cc1NC(=O)CC13CC4CC(CC(C4)C1)C3)n(C)c(=O)n2C. The van der Waals surface area contributed by atoms with Crippen molar-refractivity contribution in [3.8, 4) is 0 Å². The van der Waals surface area contributed by atoms with Crippen molar-refractivity contribution in [1.29, 1.82) is 0 Å². The number of nitrogens with zero attached hydrogens (tertiary/aromatic N) is 2. The number of carbonyl (C=O) groups excluding carboxylic acids is 1. The molecule has 0 aliphatic heterocycles. The Morgan fingerprint density at radius 1 is 1.04 bits per heavy atom. The number of anilines is 1. The lowest BCUT2D eigenvalue weighted by atomic mass is 9.49. The maximum absolute atomic E-state index is 13.0. The van der Waals surface area contributed by atoms with Crippen LogP contribution in [0.15, 0.2) is 16.9 Å². The summed E-state index contributed by atoms with van der Waals surface area (Å²) in [6.07, 6.45) is 8.60. The highest BCUT2D eigenvalue weighted by molar-refractivity contribution is 5.94. The Balaban J connectivity index is 1.39. The second-order valence-corrected chi connectivity index (χ2v) is 9.70. The number of rotatable bonds is 3. The molecule has 0 unspecified atom stereocenters. The van der Waals surface area contributed by atoms with E-state index in [-0.39, 0.29) is 17.0 Å². The number of aryl methyl sites for hydroxylation is 3. The van der Waals surface area contributed by atoms with E-state index in [9.17, 15) is 9.59 Å². The van der Waals surface area contributed by atoms with Crippen LogP contribution in [0.25, 0.3) is 11.0 Å². The Morgan fingerprint density at radius 3 is 2.11 bits per heavy atom. The molecule has 1 N–H and O–H groups in total. The smallest absolute Gasteiger partial charge is 0.326 e. The Labute approximate surface area is 159 Å². The van der Waals surface area contributed by atoms with Crippen molar-refractivity contribution < 1.29 is 4.79 Å². The fourth-order valence-corrected chi connectivity index (χ4v) is 6.83. The Morgan fingerprint density at radius 2 is 1.56 bits per heavy atom. The van der Waals surface area contributed by atoms with E-state index in [4.69, 9.17) is 0 Å². The lowest BCUT2D eigenvalue weighted by molar-refractivity contribution is -0.124. The fourth-order valence-electron chi connectivity index (χ4n) is 6.83. The molecular formula is C22H29N3O2. The van der Waals surface area contributed by atoms with Gasteiger partial charge in [0.2, 0.25) is 5.91 Å². The van der Waals surface area contributed by atoms with Crippen LogP contribution >= 0.6 is 0 Å². The van der Waals surface area contributed by atoms with Gasteiger partial charge in [-0.25, -0.2) is 4.79 Å². The summed E-state index contributed by atoms with van der Waals surface area (Å²) in [5.41, 5.74) is 3.80. The number of hydrogen-bond donors (Lipinski definition) is 1.